The van der Waals surface area contributed by atoms with Crippen molar-refractivity contribution >= 4 is 21.4 Å². The molecule has 0 atom stereocenters. The maximum Gasteiger partial charge on any atom is 0.442 e. The molecule has 8 heteroatoms. The summed E-state index contributed by atoms with van der Waals surface area (Å²) in [5, 5.41) is 5.68. The van der Waals surface area contributed by atoms with Crippen molar-refractivity contribution in [2.45, 2.75) is 0 Å². The fraction of sp³-hybridized carbons (Fsp3) is 0. The Bertz CT molecular complexity index is 253. The quantitative estimate of drug-likeness (QED) is 0.412. The van der Waals surface area contributed by atoms with Gasteiger partial charge in [0.15, 0.2) is 0 Å². The van der Waals surface area contributed by atoms with Gasteiger partial charge < -0.3 is 10.8 Å². The van der Waals surface area contributed by atoms with Gasteiger partial charge in [-0.2, -0.15) is 8.42 Å². The van der Waals surface area contributed by atoms with E-state index >= 15 is 0 Å². The van der Waals surface area contributed by atoms with Gasteiger partial charge in [0.1, 0.15) is 0 Å². The Hall–Kier alpha value is -1.31. The van der Waals surface area contributed by atoms with Crippen LogP contribution in [0.1, 0.15) is 0 Å². The summed E-state index contributed by atoms with van der Waals surface area (Å²) < 4.78 is 21.3. The van der Waals surface area contributed by atoms with E-state index in [1.165, 1.54) is 0 Å². The molecule has 0 aliphatic rings. The molecule has 0 saturated heterocycles. The molecule has 7 nitrogen and oxygen atoms in total. The van der Waals surface area contributed by atoms with Crippen LogP contribution in [0.2, 0.25) is 0 Å². The normalized spacial score (nSPS) is 10.4. The Labute approximate surface area is 55.9 Å². The summed E-state index contributed by atoms with van der Waals surface area (Å²) in [5.41, 5.74) is 4.32. The van der Waals surface area contributed by atoms with Gasteiger partial charge in [0.05, 0.1) is 0 Å². The summed E-state index contributed by atoms with van der Waals surface area (Å²) in [6, 6.07) is -1.43. The number of nitrogens with one attached hydrogen (secondary N) is 1. The SMILES string of the molecule is NC(=O)NS(=O)(=O)C(=O)O. The molecule has 0 unspecified atom stereocenters. The second-order valence-corrected chi connectivity index (χ2v) is 2.80. The van der Waals surface area contributed by atoms with E-state index in [-0.39, 0.29) is 0 Å². The van der Waals surface area contributed by atoms with E-state index in [0.717, 1.165) is 4.72 Å². The van der Waals surface area contributed by atoms with Crippen molar-refractivity contribution in [3.63, 3.8) is 0 Å². The van der Waals surface area contributed by atoms with Gasteiger partial charge >= 0.3 is 21.4 Å². The fourth-order valence-electron chi connectivity index (χ4n) is 0.176. The number of sulfonamides is 1. The molecule has 0 radical (unpaired) electrons. The number of primary amides is 1. The lowest BCUT2D eigenvalue weighted by atomic mass is 11.2. The molecule has 0 saturated carbocycles. The molecule has 58 valence electrons. The van der Waals surface area contributed by atoms with Crippen LogP contribution in [0.4, 0.5) is 9.59 Å². The van der Waals surface area contributed by atoms with Crippen molar-refractivity contribution in [3.05, 3.63) is 0 Å². The maximum atomic E-state index is 10.1. The molecule has 0 rings (SSSR count). The number of hydrogen-bond acceptors (Lipinski definition) is 4. The smallest absolute Gasteiger partial charge is 0.442 e. The molecular formula is C2H4N2O5S. The zero-order valence-corrected chi connectivity index (χ0v) is 5.38. The molecule has 0 bridgehead atoms. The molecule has 2 amide bonds. The van der Waals surface area contributed by atoms with Crippen LogP contribution in [0.5, 0.6) is 0 Å². The van der Waals surface area contributed by atoms with E-state index in [1.807, 2.05) is 0 Å². The molecule has 0 aliphatic carbocycles. The van der Waals surface area contributed by atoms with Gasteiger partial charge in [-0.25, -0.2) is 14.3 Å². The first kappa shape index (κ1) is 8.69. The highest BCUT2D eigenvalue weighted by molar-refractivity contribution is 8.04. The van der Waals surface area contributed by atoms with Crippen molar-refractivity contribution in [2.75, 3.05) is 0 Å². The largest absolute Gasteiger partial charge is 0.468 e. The van der Waals surface area contributed by atoms with Crippen LogP contribution in [0.25, 0.3) is 0 Å². The third-order valence-corrected chi connectivity index (χ3v) is 1.39. The molecule has 0 aromatic rings. The van der Waals surface area contributed by atoms with E-state index in [2.05, 4.69) is 5.73 Å². The van der Waals surface area contributed by atoms with Gasteiger partial charge in [-0.3, -0.25) is 0 Å². The van der Waals surface area contributed by atoms with Gasteiger partial charge in [0, 0.05) is 0 Å². The topological polar surface area (TPSA) is 127 Å². The standard InChI is InChI=1S/C2H4N2O5S/c3-1(5)4-10(8,9)2(6)7/h(H,6,7)(H3,3,4,5). The van der Waals surface area contributed by atoms with E-state index in [9.17, 15) is 18.0 Å². The lowest BCUT2D eigenvalue weighted by Gasteiger charge is -1.95. The summed E-state index contributed by atoms with van der Waals surface area (Å²) in [4.78, 5) is 19.5. The van der Waals surface area contributed by atoms with Gasteiger partial charge in [0.25, 0.3) is 0 Å². The van der Waals surface area contributed by atoms with E-state index in [4.69, 9.17) is 5.11 Å². The molecule has 0 aliphatic heterocycles. The number of carboxylic acid groups (broad SMARTS) is 1. The predicted molar refractivity (Wildman–Crippen MR) is 29.7 cm³/mol. The third kappa shape index (κ3) is 2.31. The van der Waals surface area contributed by atoms with Crippen LogP contribution < -0.4 is 10.5 Å². The highest BCUT2D eigenvalue weighted by Gasteiger charge is 2.21. The Morgan fingerprint density at radius 1 is 1.40 bits per heavy atom. The van der Waals surface area contributed by atoms with Gasteiger partial charge in [-0.05, 0) is 0 Å². The average Bonchev–Trinajstić information content (AvgIpc) is 1.60. The average molecular weight is 168 g/mol. The number of amides is 2. The van der Waals surface area contributed by atoms with Crippen molar-refractivity contribution in [1.29, 1.82) is 0 Å². The lowest BCUT2D eigenvalue weighted by Crippen LogP contribution is -2.38. The number of nitrogens with two attached hydrogens (primary N) is 1. The van der Waals surface area contributed by atoms with Crippen molar-refractivity contribution in [1.82, 2.24) is 4.72 Å². The summed E-state index contributed by atoms with van der Waals surface area (Å²) in [6.07, 6.45) is 0. The van der Waals surface area contributed by atoms with Crippen molar-refractivity contribution in [3.8, 4) is 0 Å². The third-order valence-electron chi connectivity index (χ3n) is 0.465. The number of urea groups is 1. The van der Waals surface area contributed by atoms with Crippen LogP contribution in [0, 0.1) is 0 Å². The zero-order chi connectivity index (χ0) is 8.36. The first-order chi connectivity index (χ1) is 4.36. The second kappa shape index (κ2) is 2.52. The van der Waals surface area contributed by atoms with Crippen LogP contribution in [-0.2, 0) is 10.0 Å². The zero-order valence-electron chi connectivity index (χ0n) is 4.57. The van der Waals surface area contributed by atoms with Gasteiger partial charge in [-0.15, -0.1) is 0 Å². The number of hydrogen-bond donors (Lipinski definition) is 3. The second-order valence-electron chi connectivity index (χ2n) is 1.24. The monoisotopic (exact) mass is 168 g/mol. The maximum absolute atomic E-state index is 10.1. The van der Waals surface area contributed by atoms with Crippen LogP contribution in [0.3, 0.4) is 0 Å². The molecular weight excluding hydrogens is 164 g/mol. The Morgan fingerprint density at radius 3 is 1.90 bits per heavy atom. The minimum atomic E-state index is -4.61. The minimum absolute atomic E-state index is 1.03. The summed E-state index contributed by atoms with van der Waals surface area (Å²) in [7, 11) is -4.61. The molecule has 0 heterocycles. The summed E-state index contributed by atoms with van der Waals surface area (Å²) in [6.45, 7) is 0. The van der Waals surface area contributed by atoms with Gasteiger partial charge in [-0.1, -0.05) is 0 Å². The molecule has 0 aromatic carbocycles. The van der Waals surface area contributed by atoms with E-state index < -0.39 is 21.4 Å². The number of rotatable bonds is 0. The highest BCUT2D eigenvalue weighted by Crippen LogP contribution is 1.82. The van der Waals surface area contributed by atoms with Gasteiger partial charge in [0.2, 0.25) is 0 Å². The van der Waals surface area contributed by atoms with Crippen LogP contribution in [0.15, 0.2) is 0 Å². The Morgan fingerprint density at radius 2 is 1.80 bits per heavy atom. The molecule has 4 N–H and O–H groups in total. The molecule has 10 heavy (non-hydrogen) atoms. The fourth-order valence-corrected chi connectivity index (χ4v) is 0.528. The Balaban J connectivity index is 4.46. The summed E-state index contributed by atoms with van der Waals surface area (Å²) in [5.74, 6) is 0. The highest BCUT2D eigenvalue weighted by atomic mass is 32.2. The van der Waals surface area contributed by atoms with Crippen LogP contribution >= 0.6 is 0 Å². The Kier molecular flexibility index (Phi) is 2.19. The first-order valence-electron chi connectivity index (χ1n) is 1.91. The number of carbonyl (C=O) groups excluding carboxylic acids is 1. The minimum Gasteiger partial charge on any atom is -0.468 e. The van der Waals surface area contributed by atoms with Crippen LogP contribution in [-0.4, -0.2) is 24.9 Å². The number of carbonyl (C=O) groups is 2. The van der Waals surface area contributed by atoms with E-state index in [1.54, 1.807) is 0 Å². The summed E-state index contributed by atoms with van der Waals surface area (Å²) >= 11 is 0. The van der Waals surface area contributed by atoms with Crippen molar-refractivity contribution < 1.29 is 23.1 Å². The lowest BCUT2D eigenvalue weighted by molar-refractivity contribution is 0.218. The first-order valence-corrected chi connectivity index (χ1v) is 3.40. The molecule has 0 aromatic heterocycles. The predicted octanol–water partition coefficient (Wildman–Crippen LogP) is -1.34. The molecule has 0 spiro atoms. The van der Waals surface area contributed by atoms with Crippen molar-refractivity contribution in [2.24, 2.45) is 5.73 Å². The van der Waals surface area contributed by atoms with E-state index in [0.29, 0.717) is 0 Å². The molecule has 0 fully saturated rings.